The van der Waals surface area contributed by atoms with Crippen molar-refractivity contribution in [2.45, 2.75) is 19.9 Å². The molecule has 1 N–H and O–H groups in total. The molecule has 2 rings (SSSR count). The molecular formula is C15H15FN2O2S. The normalized spacial score (nSPS) is 17.9. The fourth-order valence-corrected chi connectivity index (χ4v) is 2.24. The van der Waals surface area contributed by atoms with Gasteiger partial charge >= 0.3 is 5.97 Å². The molecule has 0 amide bonds. The smallest absolute Gasteiger partial charge is 0.338 e. The number of thiocarbonyl (C=S) groups is 1. The van der Waals surface area contributed by atoms with Crippen LogP contribution < -0.4 is 5.32 Å². The third kappa shape index (κ3) is 3.33. The van der Waals surface area contributed by atoms with Gasteiger partial charge in [0.25, 0.3) is 0 Å². The number of ether oxygens (including phenoxy) is 1. The van der Waals surface area contributed by atoms with Gasteiger partial charge in [-0.3, -0.25) is 4.99 Å². The molecule has 0 fully saturated rings. The maximum Gasteiger partial charge on any atom is 0.338 e. The van der Waals surface area contributed by atoms with E-state index in [4.69, 9.17) is 17.0 Å². The van der Waals surface area contributed by atoms with Crippen molar-refractivity contribution in [3.63, 3.8) is 0 Å². The quantitative estimate of drug-likeness (QED) is 0.686. The molecule has 1 heterocycles. The van der Waals surface area contributed by atoms with Crippen LogP contribution in [0.1, 0.15) is 25.5 Å². The molecule has 0 radical (unpaired) electrons. The third-order valence-corrected chi connectivity index (χ3v) is 3.28. The highest BCUT2D eigenvalue weighted by Gasteiger charge is 2.29. The SMILES string of the molecule is CCOC(=O)C1=C(C)NC(C=S)=NC1c1ccc(F)cc1. The number of nitrogens with zero attached hydrogens (tertiary/aromatic N) is 1. The molecule has 1 aliphatic rings. The molecule has 0 aromatic heterocycles. The molecule has 1 aromatic rings. The molecule has 6 heteroatoms. The van der Waals surface area contributed by atoms with E-state index < -0.39 is 12.0 Å². The Hall–Kier alpha value is -2.08. The summed E-state index contributed by atoms with van der Waals surface area (Å²) in [6.45, 7) is 3.77. The number of halogens is 1. The average molecular weight is 306 g/mol. The van der Waals surface area contributed by atoms with Crippen LogP contribution in [-0.4, -0.2) is 23.8 Å². The lowest BCUT2D eigenvalue weighted by Gasteiger charge is -2.24. The Morgan fingerprint density at radius 3 is 2.71 bits per heavy atom. The van der Waals surface area contributed by atoms with Gasteiger partial charge in [0.2, 0.25) is 0 Å². The van der Waals surface area contributed by atoms with Gasteiger partial charge in [0.1, 0.15) is 17.7 Å². The van der Waals surface area contributed by atoms with Crippen LogP contribution in [0.3, 0.4) is 0 Å². The molecule has 0 saturated heterocycles. The first-order valence-electron chi connectivity index (χ1n) is 6.50. The number of benzene rings is 1. The number of carbonyl (C=O) groups excluding carboxylic acids is 1. The largest absolute Gasteiger partial charge is 0.463 e. The van der Waals surface area contributed by atoms with Crippen molar-refractivity contribution in [2.75, 3.05) is 6.61 Å². The number of nitrogens with one attached hydrogen (secondary N) is 1. The predicted octanol–water partition coefficient (Wildman–Crippen LogP) is 2.71. The minimum absolute atomic E-state index is 0.273. The summed E-state index contributed by atoms with van der Waals surface area (Å²) in [6.07, 6.45) is 0. The van der Waals surface area contributed by atoms with Crippen LogP contribution in [-0.2, 0) is 9.53 Å². The van der Waals surface area contributed by atoms with Crippen molar-refractivity contribution >= 4 is 29.4 Å². The zero-order valence-corrected chi connectivity index (χ0v) is 12.5. The summed E-state index contributed by atoms with van der Waals surface area (Å²) in [5, 5.41) is 4.37. The number of rotatable bonds is 4. The zero-order chi connectivity index (χ0) is 15.4. The van der Waals surface area contributed by atoms with Crippen molar-refractivity contribution in [1.29, 1.82) is 0 Å². The first-order chi connectivity index (χ1) is 10.1. The molecule has 1 unspecified atom stereocenters. The molecule has 1 atom stereocenters. The van der Waals surface area contributed by atoms with Crippen LogP contribution in [0, 0.1) is 5.82 Å². The van der Waals surface area contributed by atoms with Crippen molar-refractivity contribution in [3.8, 4) is 0 Å². The number of hydrogen-bond acceptors (Lipinski definition) is 5. The molecule has 0 saturated carbocycles. The lowest BCUT2D eigenvalue weighted by atomic mass is 9.96. The van der Waals surface area contributed by atoms with Gasteiger partial charge in [0.15, 0.2) is 0 Å². The number of hydrogen-bond donors (Lipinski definition) is 1. The second-order valence-corrected chi connectivity index (χ2v) is 4.71. The van der Waals surface area contributed by atoms with Crippen molar-refractivity contribution in [2.24, 2.45) is 4.99 Å². The summed E-state index contributed by atoms with van der Waals surface area (Å²) < 4.78 is 18.2. The van der Waals surface area contributed by atoms with E-state index in [1.807, 2.05) is 0 Å². The Labute approximate surface area is 127 Å². The summed E-state index contributed by atoms with van der Waals surface area (Å²) in [7, 11) is 0. The van der Waals surface area contributed by atoms with E-state index in [9.17, 15) is 9.18 Å². The lowest BCUT2D eigenvalue weighted by molar-refractivity contribution is -0.138. The summed E-state index contributed by atoms with van der Waals surface area (Å²) in [5.74, 6) is -0.293. The van der Waals surface area contributed by atoms with Gasteiger partial charge in [0.05, 0.1) is 12.2 Å². The number of esters is 1. The van der Waals surface area contributed by atoms with Gasteiger partial charge in [-0.05, 0) is 31.5 Å². The highest BCUT2D eigenvalue weighted by Crippen LogP contribution is 2.31. The zero-order valence-electron chi connectivity index (χ0n) is 11.7. The fourth-order valence-electron chi connectivity index (χ4n) is 2.12. The third-order valence-electron chi connectivity index (χ3n) is 3.05. The Morgan fingerprint density at radius 1 is 1.48 bits per heavy atom. The van der Waals surface area contributed by atoms with E-state index in [-0.39, 0.29) is 12.4 Å². The van der Waals surface area contributed by atoms with Crippen LogP contribution in [0.15, 0.2) is 40.5 Å². The second kappa shape index (κ2) is 6.58. The van der Waals surface area contributed by atoms with Crippen LogP contribution in [0.25, 0.3) is 0 Å². The number of amidine groups is 1. The highest BCUT2D eigenvalue weighted by atomic mass is 32.1. The summed E-state index contributed by atoms with van der Waals surface area (Å²) >= 11 is 4.89. The van der Waals surface area contributed by atoms with Gasteiger partial charge < -0.3 is 10.1 Å². The van der Waals surface area contributed by atoms with Crippen molar-refractivity contribution in [1.82, 2.24) is 5.32 Å². The predicted molar refractivity (Wildman–Crippen MR) is 82.7 cm³/mol. The Bertz CT molecular complexity index is 623. The fraction of sp³-hybridized carbons (Fsp3) is 0.267. The Morgan fingerprint density at radius 2 is 2.14 bits per heavy atom. The second-order valence-electron chi connectivity index (χ2n) is 4.47. The monoisotopic (exact) mass is 306 g/mol. The van der Waals surface area contributed by atoms with Crippen LogP contribution in [0.5, 0.6) is 0 Å². The Kier molecular flexibility index (Phi) is 4.80. The molecule has 110 valence electrons. The maximum atomic E-state index is 13.1. The van der Waals surface area contributed by atoms with E-state index in [0.29, 0.717) is 22.7 Å². The summed E-state index contributed by atoms with van der Waals surface area (Å²) in [5.41, 5.74) is 1.74. The van der Waals surface area contributed by atoms with Gasteiger partial charge in [-0.2, -0.15) is 0 Å². The molecule has 0 bridgehead atoms. The van der Waals surface area contributed by atoms with E-state index in [1.54, 1.807) is 26.0 Å². The van der Waals surface area contributed by atoms with E-state index >= 15 is 0 Å². The van der Waals surface area contributed by atoms with Crippen molar-refractivity contribution < 1.29 is 13.9 Å². The van der Waals surface area contributed by atoms with E-state index in [2.05, 4.69) is 10.3 Å². The van der Waals surface area contributed by atoms with Crippen LogP contribution >= 0.6 is 12.2 Å². The molecule has 21 heavy (non-hydrogen) atoms. The average Bonchev–Trinajstić information content (AvgIpc) is 2.47. The van der Waals surface area contributed by atoms with E-state index in [1.165, 1.54) is 17.5 Å². The molecule has 0 spiro atoms. The maximum absolute atomic E-state index is 13.1. The number of aliphatic imine (C=N–C) groups is 1. The van der Waals surface area contributed by atoms with E-state index in [0.717, 1.165) is 0 Å². The summed E-state index contributed by atoms with van der Waals surface area (Å²) in [6, 6.07) is 5.31. The van der Waals surface area contributed by atoms with Gasteiger partial charge in [-0.1, -0.05) is 24.4 Å². The molecule has 1 aliphatic heterocycles. The van der Waals surface area contributed by atoms with Gasteiger partial charge in [0, 0.05) is 11.1 Å². The first kappa shape index (κ1) is 15.3. The number of allylic oxidation sites excluding steroid dienone is 1. The standard InChI is InChI=1S/C15H15FN2O2S/c1-3-20-15(19)13-9(2)17-12(8-21)18-14(13)10-4-6-11(16)7-5-10/h4-8,14H,3H2,1-2H3,(H,17,18). The van der Waals surface area contributed by atoms with Gasteiger partial charge in [-0.25, -0.2) is 9.18 Å². The topological polar surface area (TPSA) is 50.7 Å². The minimum atomic E-state index is -0.555. The van der Waals surface area contributed by atoms with Crippen LogP contribution in [0.2, 0.25) is 0 Å². The highest BCUT2D eigenvalue weighted by molar-refractivity contribution is 7.80. The molecule has 1 aromatic carbocycles. The van der Waals surface area contributed by atoms with Crippen LogP contribution in [0.4, 0.5) is 4.39 Å². The molecule has 4 nitrogen and oxygen atoms in total. The van der Waals surface area contributed by atoms with Crippen molar-refractivity contribution in [3.05, 3.63) is 46.9 Å². The number of carbonyl (C=O) groups is 1. The minimum Gasteiger partial charge on any atom is -0.463 e. The first-order valence-corrected chi connectivity index (χ1v) is 6.97. The molecule has 0 aliphatic carbocycles. The lowest BCUT2D eigenvalue weighted by Crippen LogP contribution is -2.32. The Balaban J connectivity index is 2.46. The molecular weight excluding hydrogens is 291 g/mol. The van der Waals surface area contributed by atoms with Gasteiger partial charge in [-0.15, -0.1) is 0 Å². The summed E-state index contributed by atoms with van der Waals surface area (Å²) in [4.78, 5) is 16.6.